The maximum atomic E-state index is 11.7. The number of likely N-dealkylation sites (N-methyl/N-ethyl adjacent to an activating group) is 1. The smallest absolute Gasteiger partial charge is 0.220 e. The zero-order valence-electron chi connectivity index (χ0n) is 15.6. The van der Waals surface area contributed by atoms with Crippen molar-refractivity contribution in [1.82, 2.24) is 15.5 Å². The van der Waals surface area contributed by atoms with Gasteiger partial charge in [0, 0.05) is 37.6 Å². The van der Waals surface area contributed by atoms with Gasteiger partial charge < -0.3 is 20.3 Å². The Balaban J connectivity index is 1.69. The van der Waals surface area contributed by atoms with Gasteiger partial charge in [-0.3, -0.25) is 9.79 Å². The normalized spacial score (nSPS) is 14.0. The first-order chi connectivity index (χ1) is 12.6. The third kappa shape index (κ3) is 7.95. The van der Waals surface area contributed by atoms with Crippen LogP contribution in [-0.4, -0.2) is 56.1 Å². The monoisotopic (exact) mass is 380 g/mol. The zero-order valence-corrected chi connectivity index (χ0v) is 16.4. The van der Waals surface area contributed by atoms with E-state index in [2.05, 4.69) is 15.6 Å². The van der Waals surface area contributed by atoms with Crippen molar-refractivity contribution in [2.24, 2.45) is 4.99 Å². The first-order valence-corrected chi connectivity index (χ1v) is 9.63. The molecule has 1 fully saturated rings. The van der Waals surface area contributed by atoms with E-state index in [0.717, 1.165) is 37.5 Å². The number of nitrogens with zero attached hydrogens (tertiary/aromatic N) is 2. The van der Waals surface area contributed by atoms with Crippen LogP contribution >= 0.6 is 11.6 Å². The second kappa shape index (κ2) is 10.9. The Labute approximate surface area is 161 Å². The number of amides is 1. The van der Waals surface area contributed by atoms with Crippen LogP contribution in [-0.2, 0) is 4.79 Å². The Morgan fingerprint density at radius 1 is 1.35 bits per heavy atom. The maximum absolute atomic E-state index is 11.7. The number of hydrogen-bond donors (Lipinski definition) is 2. The van der Waals surface area contributed by atoms with Crippen LogP contribution in [0.5, 0.6) is 5.75 Å². The molecule has 1 aliphatic rings. The third-order valence-corrected chi connectivity index (χ3v) is 4.22. The van der Waals surface area contributed by atoms with Crippen LogP contribution < -0.4 is 15.4 Å². The lowest BCUT2D eigenvalue weighted by molar-refractivity contribution is -0.121. The summed E-state index contributed by atoms with van der Waals surface area (Å²) in [7, 11) is 1.98. The van der Waals surface area contributed by atoms with Gasteiger partial charge in [0.2, 0.25) is 5.91 Å². The number of hydrogen-bond acceptors (Lipinski definition) is 3. The molecule has 6 nitrogen and oxygen atoms in total. The molecule has 144 valence electrons. The van der Waals surface area contributed by atoms with Gasteiger partial charge in [-0.05, 0) is 50.5 Å². The predicted octanol–water partition coefficient (Wildman–Crippen LogP) is 2.67. The van der Waals surface area contributed by atoms with Crippen molar-refractivity contribution < 1.29 is 9.53 Å². The number of aliphatic imine (C=N–C) groups is 1. The summed E-state index contributed by atoms with van der Waals surface area (Å²) in [6.45, 7) is 4.71. The van der Waals surface area contributed by atoms with Gasteiger partial charge in [-0.15, -0.1) is 0 Å². The molecule has 1 aromatic rings. The van der Waals surface area contributed by atoms with Gasteiger partial charge in [-0.1, -0.05) is 11.6 Å². The summed E-state index contributed by atoms with van der Waals surface area (Å²) in [5, 5.41) is 6.97. The van der Waals surface area contributed by atoms with Crippen LogP contribution in [0, 0.1) is 0 Å². The lowest BCUT2D eigenvalue weighted by atomic mass is 10.3. The van der Waals surface area contributed by atoms with Gasteiger partial charge in [0.25, 0.3) is 0 Å². The fourth-order valence-electron chi connectivity index (χ4n) is 2.36. The van der Waals surface area contributed by atoms with E-state index in [4.69, 9.17) is 16.3 Å². The number of carbonyl (C=O) groups excluding carboxylic acids is 1. The molecule has 1 aliphatic carbocycles. The summed E-state index contributed by atoms with van der Waals surface area (Å²) in [5.41, 5.74) is 0. The molecule has 7 heteroatoms. The standard InChI is InChI=1S/C19H29ClN4O2/c1-3-21-19(22-12-4-5-18(25)23-16-8-9-16)24(2)13-14-26-17-10-6-15(20)7-11-17/h6-7,10-11,16H,3-5,8-9,12-14H2,1-2H3,(H,21,22)(H,23,25). The molecule has 0 atom stereocenters. The lowest BCUT2D eigenvalue weighted by Gasteiger charge is -2.22. The SMILES string of the molecule is CCNC(=NCCCC(=O)NC1CC1)N(C)CCOc1ccc(Cl)cc1. The number of benzene rings is 1. The lowest BCUT2D eigenvalue weighted by Crippen LogP contribution is -2.41. The second-order valence-corrected chi connectivity index (χ2v) is 6.84. The molecular weight excluding hydrogens is 352 g/mol. The maximum Gasteiger partial charge on any atom is 0.220 e. The van der Waals surface area contributed by atoms with Gasteiger partial charge in [0.1, 0.15) is 12.4 Å². The van der Waals surface area contributed by atoms with Gasteiger partial charge >= 0.3 is 0 Å². The second-order valence-electron chi connectivity index (χ2n) is 6.40. The average Bonchev–Trinajstić information content (AvgIpc) is 3.43. The largest absolute Gasteiger partial charge is 0.492 e. The van der Waals surface area contributed by atoms with E-state index in [1.807, 2.05) is 43.1 Å². The van der Waals surface area contributed by atoms with E-state index in [-0.39, 0.29) is 5.91 Å². The molecule has 0 aromatic heterocycles. The fraction of sp³-hybridized carbons (Fsp3) is 0.579. The fourth-order valence-corrected chi connectivity index (χ4v) is 2.48. The summed E-state index contributed by atoms with van der Waals surface area (Å²) in [6.07, 6.45) is 3.53. The van der Waals surface area contributed by atoms with Crippen molar-refractivity contribution in [3.05, 3.63) is 29.3 Å². The van der Waals surface area contributed by atoms with E-state index in [1.165, 1.54) is 0 Å². The molecule has 0 radical (unpaired) electrons. The van der Waals surface area contributed by atoms with E-state index >= 15 is 0 Å². The highest BCUT2D eigenvalue weighted by atomic mass is 35.5. The molecule has 2 N–H and O–H groups in total. The molecule has 1 saturated carbocycles. The molecule has 26 heavy (non-hydrogen) atoms. The molecule has 0 spiro atoms. The van der Waals surface area contributed by atoms with Crippen molar-refractivity contribution in [2.75, 3.05) is 33.3 Å². The van der Waals surface area contributed by atoms with Crippen LogP contribution in [0.1, 0.15) is 32.6 Å². The summed E-state index contributed by atoms with van der Waals surface area (Å²) < 4.78 is 5.72. The van der Waals surface area contributed by atoms with E-state index in [9.17, 15) is 4.79 Å². The molecule has 2 rings (SSSR count). The number of nitrogens with one attached hydrogen (secondary N) is 2. The van der Waals surface area contributed by atoms with Crippen molar-refractivity contribution in [1.29, 1.82) is 0 Å². The van der Waals surface area contributed by atoms with Crippen molar-refractivity contribution in [2.45, 2.75) is 38.6 Å². The highest BCUT2D eigenvalue weighted by Gasteiger charge is 2.22. The Bertz CT molecular complexity index is 588. The first-order valence-electron chi connectivity index (χ1n) is 9.25. The Hall–Kier alpha value is -1.95. The number of guanidine groups is 1. The average molecular weight is 381 g/mol. The molecular formula is C19H29ClN4O2. The number of carbonyl (C=O) groups is 1. The van der Waals surface area contributed by atoms with E-state index in [1.54, 1.807) is 0 Å². The van der Waals surface area contributed by atoms with Crippen LogP contribution in [0.2, 0.25) is 5.02 Å². The van der Waals surface area contributed by atoms with Gasteiger partial charge in [-0.25, -0.2) is 0 Å². The topological polar surface area (TPSA) is 66.0 Å². The molecule has 1 amide bonds. The molecule has 0 aliphatic heterocycles. The number of ether oxygens (including phenoxy) is 1. The molecule has 0 unspecified atom stereocenters. The number of rotatable bonds is 10. The van der Waals surface area contributed by atoms with E-state index < -0.39 is 0 Å². The van der Waals surface area contributed by atoms with Gasteiger partial charge in [-0.2, -0.15) is 0 Å². The van der Waals surface area contributed by atoms with Gasteiger partial charge in [0.15, 0.2) is 5.96 Å². The van der Waals surface area contributed by atoms with Gasteiger partial charge in [0.05, 0.1) is 6.54 Å². The minimum Gasteiger partial charge on any atom is -0.492 e. The van der Waals surface area contributed by atoms with Crippen molar-refractivity contribution >= 4 is 23.5 Å². The van der Waals surface area contributed by atoms with Crippen LogP contribution in [0.4, 0.5) is 0 Å². The summed E-state index contributed by atoms with van der Waals surface area (Å²) in [5.74, 6) is 1.76. The molecule has 0 heterocycles. The van der Waals surface area contributed by atoms with E-state index in [0.29, 0.717) is 37.2 Å². The minimum absolute atomic E-state index is 0.136. The molecule has 1 aromatic carbocycles. The molecule has 0 saturated heterocycles. The Kier molecular flexibility index (Phi) is 8.54. The first kappa shape index (κ1) is 20.4. The predicted molar refractivity (Wildman–Crippen MR) is 106 cm³/mol. The minimum atomic E-state index is 0.136. The van der Waals surface area contributed by atoms with Crippen molar-refractivity contribution in [3.63, 3.8) is 0 Å². The highest BCUT2D eigenvalue weighted by molar-refractivity contribution is 6.30. The molecule has 0 bridgehead atoms. The quantitative estimate of drug-likeness (QED) is 0.372. The summed E-state index contributed by atoms with van der Waals surface area (Å²) in [4.78, 5) is 18.3. The zero-order chi connectivity index (χ0) is 18.8. The third-order valence-electron chi connectivity index (χ3n) is 3.97. The van der Waals surface area contributed by atoms with Crippen molar-refractivity contribution in [3.8, 4) is 5.75 Å². The van der Waals surface area contributed by atoms with Crippen LogP contribution in [0.15, 0.2) is 29.3 Å². The highest BCUT2D eigenvalue weighted by Crippen LogP contribution is 2.18. The summed E-state index contributed by atoms with van der Waals surface area (Å²) >= 11 is 5.87. The van der Waals surface area contributed by atoms with Crippen LogP contribution in [0.3, 0.4) is 0 Å². The Morgan fingerprint density at radius 3 is 2.73 bits per heavy atom. The number of halogens is 1. The van der Waals surface area contributed by atoms with Crippen LogP contribution in [0.25, 0.3) is 0 Å². The Morgan fingerprint density at radius 2 is 2.08 bits per heavy atom. The summed E-state index contributed by atoms with van der Waals surface area (Å²) in [6, 6.07) is 7.76.